The second-order valence-electron chi connectivity index (χ2n) is 7.06. The SMILES string of the molecule is C=CC(=O)Nc1ccc(S(=O)(=O)N2CCC(CC(=O)c3ccccc3)CC2)cc1. The molecule has 1 aliphatic heterocycles. The zero-order valence-corrected chi connectivity index (χ0v) is 16.9. The predicted octanol–water partition coefficient (Wildman–Crippen LogP) is 3.48. The Hall–Kier alpha value is -2.77. The number of ketones is 1. The highest BCUT2D eigenvalue weighted by molar-refractivity contribution is 7.89. The van der Waals surface area contributed by atoms with Crippen LogP contribution in [0.2, 0.25) is 0 Å². The fourth-order valence-electron chi connectivity index (χ4n) is 3.41. The highest BCUT2D eigenvalue weighted by Crippen LogP contribution is 2.27. The van der Waals surface area contributed by atoms with Crippen LogP contribution < -0.4 is 5.32 Å². The van der Waals surface area contributed by atoms with Gasteiger partial charge in [0.1, 0.15) is 0 Å². The van der Waals surface area contributed by atoms with Gasteiger partial charge in [-0.3, -0.25) is 9.59 Å². The lowest BCUT2D eigenvalue weighted by molar-refractivity contribution is -0.111. The fourth-order valence-corrected chi connectivity index (χ4v) is 4.88. The average Bonchev–Trinajstić information content (AvgIpc) is 2.75. The molecule has 0 saturated carbocycles. The first-order valence-corrected chi connectivity index (χ1v) is 11.0. The predicted molar refractivity (Wildman–Crippen MR) is 112 cm³/mol. The number of hydrogen-bond acceptors (Lipinski definition) is 4. The molecule has 0 radical (unpaired) electrons. The van der Waals surface area contributed by atoms with E-state index in [1.165, 1.54) is 16.4 Å². The van der Waals surface area contributed by atoms with Crippen molar-refractivity contribution in [2.24, 2.45) is 5.92 Å². The summed E-state index contributed by atoms with van der Waals surface area (Å²) in [6.45, 7) is 4.17. The van der Waals surface area contributed by atoms with Crippen molar-refractivity contribution in [3.8, 4) is 0 Å². The minimum atomic E-state index is -3.60. The van der Waals surface area contributed by atoms with E-state index in [0.717, 1.165) is 6.08 Å². The summed E-state index contributed by atoms with van der Waals surface area (Å²) in [6, 6.07) is 15.3. The first kappa shape index (κ1) is 21.0. The van der Waals surface area contributed by atoms with Gasteiger partial charge in [0.05, 0.1) is 4.90 Å². The molecule has 7 heteroatoms. The molecule has 3 rings (SSSR count). The van der Waals surface area contributed by atoms with Crippen molar-refractivity contribution < 1.29 is 18.0 Å². The van der Waals surface area contributed by atoms with E-state index in [-0.39, 0.29) is 22.5 Å². The van der Waals surface area contributed by atoms with Gasteiger partial charge in [-0.05, 0) is 49.1 Å². The Morgan fingerprint density at radius 3 is 2.24 bits per heavy atom. The van der Waals surface area contributed by atoms with Crippen LogP contribution in [0.3, 0.4) is 0 Å². The molecule has 152 valence electrons. The van der Waals surface area contributed by atoms with E-state index in [2.05, 4.69) is 11.9 Å². The number of benzene rings is 2. The Labute approximate surface area is 171 Å². The minimum absolute atomic E-state index is 0.101. The Kier molecular flexibility index (Phi) is 6.61. The summed E-state index contributed by atoms with van der Waals surface area (Å²) >= 11 is 0. The quantitative estimate of drug-likeness (QED) is 0.557. The summed E-state index contributed by atoms with van der Waals surface area (Å²) in [4.78, 5) is 23.9. The molecule has 0 aliphatic carbocycles. The molecule has 1 amide bonds. The van der Waals surface area contributed by atoms with E-state index in [4.69, 9.17) is 0 Å². The lowest BCUT2D eigenvalue weighted by Gasteiger charge is -2.31. The van der Waals surface area contributed by atoms with Crippen LogP contribution in [0.4, 0.5) is 5.69 Å². The third-order valence-electron chi connectivity index (χ3n) is 5.09. The minimum Gasteiger partial charge on any atom is -0.323 e. The van der Waals surface area contributed by atoms with Crippen LogP contribution in [0.1, 0.15) is 29.6 Å². The molecule has 0 bridgehead atoms. The average molecular weight is 413 g/mol. The number of nitrogens with zero attached hydrogens (tertiary/aromatic N) is 1. The summed E-state index contributed by atoms with van der Waals surface area (Å²) in [5.74, 6) is -0.0672. The molecule has 1 aliphatic rings. The molecule has 0 spiro atoms. The fraction of sp³-hybridized carbons (Fsp3) is 0.273. The van der Waals surface area contributed by atoms with Gasteiger partial charge in [-0.25, -0.2) is 8.42 Å². The number of amides is 1. The van der Waals surface area contributed by atoms with Crippen LogP contribution in [0.15, 0.2) is 72.1 Å². The first-order chi connectivity index (χ1) is 13.9. The molecular weight excluding hydrogens is 388 g/mol. The molecule has 1 N–H and O–H groups in total. The third-order valence-corrected chi connectivity index (χ3v) is 7.00. The van der Waals surface area contributed by atoms with E-state index >= 15 is 0 Å². The van der Waals surface area contributed by atoms with Crippen LogP contribution in [0.25, 0.3) is 0 Å². The summed E-state index contributed by atoms with van der Waals surface area (Å²) in [7, 11) is -3.60. The number of carbonyl (C=O) groups excluding carboxylic acids is 2. The highest BCUT2D eigenvalue weighted by Gasteiger charge is 2.30. The molecule has 0 unspecified atom stereocenters. The van der Waals surface area contributed by atoms with E-state index in [1.807, 2.05) is 30.3 Å². The number of anilines is 1. The molecule has 2 aromatic carbocycles. The van der Waals surface area contributed by atoms with Gasteiger partial charge in [0.2, 0.25) is 15.9 Å². The van der Waals surface area contributed by atoms with E-state index in [0.29, 0.717) is 43.6 Å². The molecule has 1 saturated heterocycles. The maximum atomic E-state index is 12.9. The van der Waals surface area contributed by atoms with Crippen molar-refractivity contribution in [3.05, 3.63) is 72.8 Å². The molecule has 0 atom stereocenters. The van der Waals surface area contributed by atoms with Crippen molar-refractivity contribution in [1.82, 2.24) is 4.31 Å². The van der Waals surface area contributed by atoms with Gasteiger partial charge in [0, 0.05) is 30.8 Å². The van der Waals surface area contributed by atoms with Crippen molar-refractivity contribution in [2.75, 3.05) is 18.4 Å². The maximum absolute atomic E-state index is 12.9. The number of nitrogens with one attached hydrogen (secondary N) is 1. The normalized spacial score (nSPS) is 15.6. The van der Waals surface area contributed by atoms with Crippen molar-refractivity contribution in [2.45, 2.75) is 24.2 Å². The lowest BCUT2D eigenvalue weighted by Crippen LogP contribution is -2.38. The molecule has 2 aromatic rings. The van der Waals surface area contributed by atoms with Gasteiger partial charge >= 0.3 is 0 Å². The summed E-state index contributed by atoms with van der Waals surface area (Å²) in [5, 5.41) is 2.59. The number of sulfonamides is 1. The summed E-state index contributed by atoms with van der Waals surface area (Å²) in [6.07, 6.45) is 2.91. The van der Waals surface area contributed by atoms with Crippen molar-refractivity contribution in [3.63, 3.8) is 0 Å². The number of rotatable bonds is 7. The van der Waals surface area contributed by atoms with Crippen molar-refractivity contribution >= 4 is 27.4 Å². The Bertz CT molecular complexity index is 977. The molecule has 6 nitrogen and oxygen atoms in total. The number of carbonyl (C=O) groups is 2. The number of hydrogen-bond donors (Lipinski definition) is 1. The monoisotopic (exact) mass is 412 g/mol. The third kappa shape index (κ3) is 5.19. The van der Waals surface area contributed by atoms with Crippen LogP contribution in [-0.2, 0) is 14.8 Å². The Morgan fingerprint density at radius 2 is 1.66 bits per heavy atom. The lowest BCUT2D eigenvalue weighted by atomic mass is 9.91. The van der Waals surface area contributed by atoms with E-state index in [1.54, 1.807) is 12.1 Å². The van der Waals surface area contributed by atoms with Gasteiger partial charge in [-0.1, -0.05) is 36.9 Å². The second-order valence-corrected chi connectivity index (χ2v) is 9.00. The van der Waals surface area contributed by atoms with Gasteiger partial charge in [0.25, 0.3) is 0 Å². The maximum Gasteiger partial charge on any atom is 0.247 e. The summed E-state index contributed by atoms with van der Waals surface area (Å²) in [5.41, 5.74) is 1.21. The van der Waals surface area contributed by atoms with Gasteiger partial charge in [-0.2, -0.15) is 4.31 Å². The standard InChI is InChI=1S/C22H24N2O4S/c1-2-22(26)23-19-8-10-20(11-9-19)29(27,28)24-14-12-17(13-15-24)16-21(25)18-6-4-3-5-7-18/h2-11,17H,1,12-16H2,(H,23,26). The zero-order valence-electron chi connectivity index (χ0n) is 16.1. The van der Waals surface area contributed by atoms with E-state index < -0.39 is 10.0 Å². The highest BCUT2D eigenvalue weighted by atomic mass is 32.2. The molecule has 29 heavy (non-hydrogen) atoms. The van der Waals surface area contributed by atoms with Crippen LogP contribution in [0.5, 0.6) is 0 Å². The van der Waals surface area contributed by atoms with Gasteiger partial charge in [0.15, 0.2) is 5.78 Å². The van der Waals surface area contributed by atoms with Gasteiger partial charge in [-0.15, -0.1) is 0 Å². The van der Waals surface area contributed by atoms with Crippen molar-refractivity contribution in [1.29, 1.82) is 0 Å². The van der Waals surface area contributed by atoms with Crippen LogP contribution >= 0.6 is 0 Å². The largest absolute Gasteiger partial charge is 0.323 e. The zero-order chi connectivity index (χ0) is 20.9. The smallest absolute Gasteiger partial charge is 0.247 e. The molecular formula is C22H24N2O4S. The van der Waals surface area contributed by atoms with Gasteiger partial charge < -0.3 is 5.32 Å². The second kappa shape index (κ2) is 9.15. The molecule has 1 fully saturated rings. The first-order valence-electron chi connectivity index (χ1n) is 9.52. The van der Waals surface area contributed by atoms with Crippen LogP contribution in [-0.4, -0.2) is 37.5 Å². The number of piperidine rings is 1. The Balaban J connectivity index is 1.58. The Morgan fingerprint density at radius 1 is 1.03 bits per heavy atom. The number of Topliss-reactive ketones (excluding diaryl/α,β-unsaturated/α-hetero) is 1. The summed E-state index contributed by atoms with van der Waals surface area (Å²) < 4.78 is 27.2. The van der Waals surface area contributed by atoms with Crippen LogP contribution in [0, 0.1) is 5.92 Å². The molecule has 1 heterocycles. The molecule has 0 aromatic heterocycles. The topological polar surface area (TPSA) is 83.6 Å². The van der Waals surface area contributed by atoms with E-state index in [9.17, 15) is 18.0 Å².